The molecule has 0 aliphatic rings. The summed E-state index contributed by atoms with van der Waals surface area (Å²) in [6.45, 7) is 5.83. The van der Waals surface area contributed by atoms with Crippen molar-refractivity contribution in [3.8, 4) is 0 Å². The van der Waals surface area contributed by atoms with Gasteiger partial charge < -0.3 is 0 Å². The van der Waals surface area contributed by atoms with Crippen LogP contribution in [-0.2, 0) is 0 Å². The van der Waals surface area contributed by atoms with E-state index in [-0.39, 0.29) is 17.9 Å². The number of benzene rings is 1. The second-order valence-electron chi connectivity index (χ2n) is 5.02. The van der Waals surface area contributed by atoms with E-state index in [2.05, 4.69) is 26.5 Å². The van der Waals surface area contributed by atoms with Crippen LogP contribution in [-0.4, -0.2) is 9.78 Å². The number of hydrazine groups is 1. The Morgan fingerprint density at radius 1 is 1.40 bits per heavy atom. The van der Waals surface area contributed by atoms with E-state index in [1.807, 2.05) is 18.5 Å². The van der Waals surface area contributed by atoms with E-state index in [1.54, 1.807) is 25.3 Å². The van der Waals surface area contributed by atoms with Gasteiger partial charge in [-0.2, -0.15) is 5.10 Å². The first-order valence-electron chi connectivity index (χ1n) is 6.40. The van der Waals surface area contributed by atoms with Crippen LogP contribution >= 0.6 is 15.9 Å². The molecule has 2 aromatic rings. The molecule has 0 radical (unpaired) electrons. The van der Waals surface area contributed by atoms with Crippen molar-refractivity contribution in [2.75, 3.05) is 0 Å². The van der Waals surface area contributed by atoms with Crippen LogP contribution in [0, 0.1) is 12.7 Å². The summed E-state index contributed by atoms with van der Waals surface area (Å²) < 4.78 is 16.2. The fourth-order valence-electron chi connectivity index (χ4n) is 2.21. The first kappa shape index (κ1) is 15.2. The monoisotopic (exact) mass is 340 g/mol. The Kier molecular flexibility index (Phi) is 4.57. The zero-order valence-corrected chi connectivity index (χ0v) is 13.3. The maximum absolute atomic E-state index is 13.4. The van der Waals surface area contributed by atoms with Gasteiger partial charge in [0, 0.05) is 6.04 Å². The van der Waals surface area contributed by atoms with Crippen molar-refractivity contribution in [3.05, 3.63) is 51.5 Å². The van der Waals surface area contributed by atoms with Crippen molar-refractivity contribution in [1.82, 2.24) is 15.2 Å². The third-order valence-corrected chi connectivity index (χ3v) is 3.84. The van der Waals surface area contributed by atoms with Gasteiger partial charge in [-0.3, -0.25) is 10.5 Å². The Morgan fingerprint density at radius 3 is 2.65 bits per heavy atom. The van der Waals surface area contributed by atoms with E-state index in [4.69, 9.17) is 5.84 Å². The molecule has 20 heavy (non-hydrogen) atoms. The lowest BCUT2D eigenvalue weighted by Gasteiger charge is -2.21. The van der Waals surface area contributed by atoms with E-state index in [0.29, 0.717) is 5.56 Å². The number of aryl methyl sites for hydroxylation is 1. The fraction of sp³-hybridized carbons (Fsp3) is 0.357. The van der Waals surface area contributed by atoms with Crippen LogP contribution in [0.25, 0.3) is 0 Å². The van der Waals surface area contributed by atoms with Crippen LogP contribution in [0.5, 0.6) is 0 Å². The number of hydrogen-bond donors (Lipinski definition) is 2. The highest BCUT2D eigenvalue weighted by molar-refractivity contribution is 9.10. The molecule has 6 heteroatoms. The number of nitrogens with two attached hydrogens (primary N) is 1. The molecule has 1 heterocycles. The summed E-state index contributed by atoms with van der Waals surface area (Å²) in [5.74, 6) is 5.50. The van der Waals surface area contributed by atoms with Gasteiger partial charge in [0.2, 0.25) is 0 Å². The average Bonchev–Trinajstić information content (AvgIpc) is 2.77. The number of halogens is 2. The molecule has 0 saturated carbocycles. The van der Waals surface area contributed by atoms with Gasteiger partial charge >= 0.3 is 0 Å². The SMILES string of the molecule is Cc1cc(C(NN)c2c(Br)cnn2C(C)C)ccc1F. The number of nitrogens with zero attached hydrogens (tertiary/aromatic N) is 2. The van der Waals surface area contributed by atoms with Crippen LogP contribution in [0.1, 0.15) is 42.8 Å². The Bertz CT molecular complexity index is 609. The zero-order valence-electron chi connectivity index (χ0n) is 11.7. The lowest BCUT2D eigenvalue weighted by Crippen LogP contribution is -2.31. The predicted octanol–water partition coefficient (Wildman–Crippen LogP) is 3.23. The molecule has 0 amide bonds. The zero-order chi connectivity index (χ0) is 14.9. The molecule has 4 nitrogen and oxygen atoms in total. The molecule has 0 spiro atoms. The highest BCUT2D eigenvalue weighted by atomic mass is 79.9. The smallest absolute Gasteiger partial charge is 0.126 e. The molecule has 108 valence electrons. The summed E-state index contributed by atoms with van der Waals surface area (Å²) >= 11 is 3.50. The Morgan fingerprint density at radius 2 is 2.10 bits per heavy atom. The highest BCUT2D eigenvalue weighted by Gasteiger charge is 2.22. The number of aromatic nitrogens is 2. The Balaban J connectivity index is 2.52. The average molecular weight is 341 g/mol. The van der Waals surface area contributed by atoms with E-state index < -0.39 is 0 Å². The van der Waals surface area contributed by atoms with Gasteiger partial charge in [0.15, 0.2) is 0 Å². The predicted molar refractivity (Wildman–Crippen MR) is 80.6 cm³/mol. The second kappa shape index (κ2) is 6.03. The normalized spacial score (nSPS) is 12.9. The molecule has 0 saturated heterocycles. The highest BCUT2D eigenvalue weighted by Crippen LogP contribution is 2.30. The third kappa shape index (κ3) is 2.77. The summed E-state index contributed by atoms with van der Waals surface area (Å²) in [5.41, 5.74) is 5.20. The number of nitrogens with one attached hydrogen (secondary N) is 1. The van der Waals surface area contributed by atoms with Crippen molar-refractivity contribution < 1.29 is 4.39 Å². The largest absolute Gasteiger partial charge is 0.271 e. The Hall–Kier alpha value is -1.24. The summed E-state index contributed by atoms with van der Waals surface area (Å²) in [6, 6.07) is 4.93. The molecule has 0 bridgehead atoms. The summed E-state index contributed by atoms with van der Waals surface area (Å²) in [6.07, 6.45) is 1.75. The lowest BCUT2D eigenvalue weighted by molar-refractivity contribution is 0.475. The van der Waals surface area contributed by atoms with E-state index in [0.717, 1.165) is 15.7 Å². The summed E-state index contributed by atoms with van der Waals surface area (Å²) in [7, 11) is 0. The fourth-order valence-corrected chi connectivity index (χ4v) is 2.71. The van der Waals surface area contributed by atoms with Crippen molar-refractivity contribution in [2.45, 2.75) is 32.9 Å². The molecule has 2 rings (SSSR count). The number of hydrogen-bond acceptors (Lipinski definition) is 3. The van der Waals surface area contributed by atoms with Crippen LogP contribution < -0.4 is 11.3 Å². The van der Waals surface area contributed by atoms with Gasteiger partial charge in [-0.05, 0) is 53.9 Å². The van der Waals surface area contributed by atoms with Crippen LogP contribution in [0.4, 0.5) is 4.39 Å². The summed E-state index contributed by atoms with van der Waals surface area (Å²) in [4.78, 5) is 0. The van der Waals surface area contributed by atoms with Gasteiger partial charge in [-0.25, -0.2) is 9.82 Å². The van der Waals surface area contributed by atoms with Gasteiger partial charge in [0.1, 0.15) is 5.82 Å². The molecule has 0 fully saturated rings. The topological polar surface area (TPSA) is 55.9 Å². The van der Waals surface area contributed by atoms with Crippen LogP contribution in [0.15, 0.2) is 28.9 Å². The molecule has 1 atom stereocenters. The van der Waals surface area contributed by atoms with Gasteiger partial charge in [0.05, 0.1) is 22.4 Å². The van der Waals surface area contributed by atoms with Crippen LogP contribution in [0.2, 0.25) is 0 Å². The molecule has 1 aromatic heterocycles. The minimum Gasteiger partial charge on any atom is -0.271 e. The first-order chi connectivity index (χ1) is 9.45. The molecule has 1 aromatic carbocycles. The van der Waals surface area contributed by atoms with Crippen molar-refractivity contribution in [3.63, 3.8) is 0 Å². The van der Waals surface area contributed by atoms with Crippen molar-refractivity contribution >= 4 is 15.9 Å². The minimum absolute atomic E-state index is 0.202. The molecule has 0 aliphatic carbocycles. The quantitative estimate of drug-likeness (QED) is 0.663. The van der Waals surface area contributed by atoms with E-state index in [9.17, 15) is 4.39 Å². The standard InChI is InChI=1S/C14H18BrFN4/c1-8(2)20-14(11(15)7-18-20)13(19-17)10-4-5-12(16)9(3)6-10/h4-8,13,19H,17H2,1-3H3. The Labute approximate surface area is 126 Å². The first-order valence-corrected chi connectivity index (χ1v) is 7.20. The molecular formula is C14H18BrFN4. The maximum Gasteiger partial charge on any atom is 0.126 e. The molecule has 1 unspecified atom stereocenters. The van der Waals surface area contributed by atoms with Crippen molar-refractivity contribution in [1.29, 1.82) is 0 Å². The minimum atomic E-state index is -0.256. The van der Waals surface area contributed by atoms with Gasteiger partial charge in [-0.1, -0.05) is 12.1 Å². The maximum atomic E-state index is 13.4. The number of rotatable bonds is 4. The molecule has 3 N–H and O–H groups in total. The van der Waals surface area contributed by atoms with E-state index >= 15 is 0 Å². The van der Waals surface area contributed by atoms with Crippen LogP contribution in [0.3, 0.4) is 0 Å². The third-order valence-electron chi connectivity index (χ3n) is 3.23. The molecule has 0 aliphatic heterocycles. The van der Waals surface area contributed by atoms with Gasteiger partial charge in [-0.15, -0.1) is 0 Å². The molecular weight excluding hydrogens is 323 g/mol. The summed E-state index contributed by atoms with van der Waals surface area (Å²) in [5, 5.41) is 4.35. The lowest BCUT2D eigenvalue weighted by atomic mass is 10.0. The van der Waals surface area contributed by atoms with Crippen molar-refractivity contribution in [2.24, 2.45) is 5.84 Å². The van der Waals surface area contributed by atoms with E-state index in [1.165, 1.54) is 6.07 Å². The second-order valence-corrected chi connectivity index (χ2v) is 5.88. The van der Waals surface area contributed by atoms with Gasteiger partial charge in [0.25, 0.3) is 0 Å².